The van der Waals surface area contributed by atoms with E-state index in [1.807, 2.05) is 6.92 Å². The minimum Gasteiger partial charge on any atom is -0.508 e. The third kappa shape index (κ3) is 4.08. The van der Waals surface area contributed by atoms with E-state index in [1.54, 1.807) is 19.2 Å². The second-order valence-electron chi connectivity index (χ2n) is 4.08. The Morgan fingerprint density at radius 3 is 2.72 bits per heavy atom. The van der Waals surface area contributed by atoms with Crippen LogP contribution in [0.2, 0.25) is 0 Å². The number of hydrogen-bond donors (Lipinski definition) is 2. The molecule has 98 valence electrons. The highest BCUT2D eigenvalue weighted by Gasteiger charge is 2.18. The van der Waals surface area contributed by atoms with Crippen LogP contribution in [0.25, 0.3) is 0 Å². The van der Waals surface area contributed by atoms with Gasteiger partial charge in [-0.25, -0.2) is 0 Å². The molecule has 5 nitrogen and oxygen atoms in total. The molecule has 1 aromatic rings. The van der Waals surface area contributed by atoms with E-state index >= 15 is 0 Å². The third-order valence-electron chi connectivity index (χ3n) is 2.49. The largest absolute Gasteiger partial charge is 0.508 e. The van der Waals surface area contributed by atoms with Crippen molar-refractivity contribution in [1.82, 2.24) is 4.90 Å². The van der Waals surface area contributed by atoms with Crippen LogP contribution in [-0.2, 0) is 9.59 Å². The molecule has 18 heavy (non-hydrogen) atoms. The summed E-state index contributed by atoms with van der Waals surface area (Å²) >= 11 is 0. The number of nitrogens with one attached hydrogen (secondary N) is 1. The van der Waals surface area contributed by atoms with E-state index in [9.17, 15) is 14.7 Å². The van der Waals surface area contributed by atoms with Crippen LogP contribution in [0, 0.1) is 0 Å². The summed E-state index contributed by atoms with van der Waals surface area (Å²) in [5.74, 6) is -1.23. The number of nitrogens with zero attached hydrogens (tertiary/aromatic N) is 1. The first-order valence-electron chi connectivity index (χ1n) is 5.90. The summed E-state index contributed by atoms with van der Waals surface area (Å²) in [6.45, 7) is 2.58. The summed E-state index contributed by atoms with van der Waals surface area (Å²) in [5, 5.41) is 11.7. The number of hydrogen-bond acceptors (Lipinski definition) is 3. The number of carbonyl (C=O) groups is 2. The number of benzene rings is 1. The molecule has 0 fully saturated rings. The van der Waals surface area contributed by atoms with Gasteiger partial charge in [0, 0.05) is 25.3 Å². The van der Waals surface area contributed by atoms with Gasteiger partial charge in [-0.05, 0) is 18.6 Å². The SMILES string of the molecule is CCCCN(C)C(=O)C(=O)Nc1cccc(O)c1. The lowest BCUT2D eigenvalue weighted by atomic mass is 10.3. The number of likely N-dealkylation sites (N-methyl/N-ethyl adjacent to an activating group) is 1. The van der Waals surface area contributed by atoms with Gasteiger partial charge in [0.15, 0.2) is 0 Å². The number of unbranched alkanes of at least 4 members (excludes halogenated alkanes) is 1. The smallest absolute Gasteiger partial charge is 0.313 e. The minimum absolute atomic E-state index is 0.0413. The Morgan fingerprint density at radius 2 is 2.11 bits per heavy atom. The molecule has 1 rings (SSSR count). The number of aromatic hydroxyl groups is 1. The van der Waals surface area contributed by atoms with Crippen molar-refractivity contribution in [3.8, 4) is 5.75 Å². The highest BCUT2D eigenvalue weighted by Crippen LogP contribution is 2.15. The van der Waals surface area contributed by atoms with Crippen molar-refractivity contribution >= 4 is 17.5 Å². The van der Waals surface area contributed by atoms with Crippen molar-refractivity contribution in [2.24, 2.45) is 0 Å². The lowest BCUT2D eigenvalue weighted by Crippen LogP contribution is -2.37. The lowest BCUT2D eigenvalue weighted by molar-refractivity contribution is -0.142. The quantitative estimate of drug-likeness (QED) is 0.797. The number of rotatable bonds is 4. The molecule has 1 aromatic carbocycles. The number of anilines is 1. The molecule has 0 aliphatic heterocycles. The first-order valence-corrected chi connectivity index (χ1v) is 5.90. The van der Waals surface area contributed by atoms with Crippen LogP contribution in [0.3, 0.4) is 0 Å². The van der Waals surface area contributed by atoms with Gasteiger partial charge in [0.2, 0.25) is 0 Å². The summed E-state index contributed by atoms with van der Waals surface area (Å²) in [4.78, 5) is 24.7. The molecule has 0 unspecified atom stereocenters. The van der Waals surface area contributed by atoms with Crippen LogP contribution < -0.4 is 5.32 Å². The molecule has 2 N–H and O–H groups in total. The maximum atomic E-state index is 11.7. The first kappa shape index (κ1) is 14.0. The Kier molecular flexibility index (Phi) is 5.17. The molecular weight excluding hydrogens is 232 g/mol. The maximum absolute atomic E-state index is 11.7. The van der Waals surface area contributed by atoms with E-state index in [-0.39, 0.29) is 5.75 Å². The van der Waals surface area contributed by atoms with Gasteiger partial charge in [-0.15, -0.1) is 0 Å². The number of carbonyl (C=O) groups excluding carboxylic acids is 2. The second-order valence-corrected chi connectivity index (χ2v) is 4.08. The Bertz CT molecular complexity index is 432. The predicted octanol–water partition coefficient (Wildman–Crippen LogP) is 1.59. The first-order chi connectivity index (χ1) is 8.54. The van der Waals surface area contributed by atoms with Crippen molar-refractivity contribution in [3.05, 3.63) is 24.3 Å². The van der Waals surface area contributed by atoms with E-state index < -0.39 is 11.8 Å². The molecule has 0 radical (unpaired) electrons. The van der Waals surface area contributed by atoms with Gasteiger partial charge in [0.05, 0.1) is 0 Å². The Labute approximate surface area is 106 Å². The minimum atomic E-state index is -0.695. The fourth-order valence-corrected chi connectivity index (χ4v) is 1.44. The van der Waals surface area contributed by atoms with E-state index in [2.05, 4.69) is 5.32 Å². The second kappa shape index (κ2) is 6.64. The lowest BCUT2D eigenvalue weighted by Gasteiger charge is -2.16. The van der Waals surface area contributed by atoms with E-state index in [0.717, 1.165) is 12.8 Å². The zero-order valence-corrected chi connectivity index (χ0v) is 10.6. The average molecular weight is 250 g/mol. The van der Waals surface area contributed by atoms with Crippen LogP contribution >= 0.6 is 0 Å². The van der Waals surface area contributed by atoms with E-state index in [1.165, 1.54) is 17.0 Å². The Morgan fingerprint density at radius 1 is 1.39 bits per heavy atom. The standard InChI is InChI=1S/C13H18N2O3/c1-3-4-8-15(2)13(18)12(17)14-10-6-5-7-11(16)9-10/h5-7,9,16H,3-4,8H2,1-2H3,(H,14,17). The zero-order chi connectivity index (χ0) is 13.5. The van der Waals surface area contributed by atoms with E-state index in [0.29, 0.717) is 12.2 Å². The summed E-state index contributed by atoms with van der Waals surface area (Å²) < 4.78 is 0. The number of amides is 2. The highest BCUT2D eigenvalue weighted by atomic mass is 16.3. The molecule has 5 heteroatoms. The topological polar surface area (TPSA) is 69.6 Å². The molecular formula is C13H18N2O3. The van der Waals surface area contributed by atoms with Crippen LogP contribution in [0.15, 0.2) is 24.3 Å². The number of phenolic OH excluding ortho intramolecular Hbond substituents is 1. The zero-order valence-electron chi connectivity index (χ0n) is 10.6. The Balaban J connectivity index is 2.57. The van der Waals surface area contributed by atoms with Gasteiger partial charge in [0.1, 0.15) is 5.75 Å². The molecule has 0 bridgehead atoms. The molecule has 0 atom stereocenters. The third-order valence-corrected chi connectivity index (χ3v) is 2.49. The fraction of sp³-hybridized carbons (Fsp3) is 0.385. The highest BCUT2D eigenvalue weighted by molar-refractivity contribution is 6.39. The van der Waals surface area contributed by atoms with Gasteiger partial charge >= 0.3 is 11.8 Å². The van der Waals surface area contributed by atoms with Crippen molar-refractivity contribution < 1.29 is 14.7 Å². The fourth-order valence-electron chi connectivity index (χ4n) is 1.44. The molecule has 0 saturated carbocycles. The predicted molar refractivity (Wildman–Crippen MR) is 69.3 cm³/mol. The van der Waals surface area contributed by atoms with Gasteiger partial charge in [-0.3, -0.25) is 9.59 Å². The van der Waals surface area contributed by atoms with E-state index in [4.69, 9.17) is 0 Å². The van der Waals surface area contributed by atoms with Crippen LogP contribution in [0.5, 0.6) is 5.75 Å². The van der Waals surface area contributed by atoms with Gasteiger partial charge in [-0.2, -0.15) is 0 Å². The maximum Gasteiger partial charge on any atom is 0.313 e. The normalized spacial score (nSPS) is 9.89. The molecule has 0 heterocycles. The van der Waals surface area contributed by atoms with Crippen molar-refractivity contribution in [3.63, 3.8) is 0 Å². The monoisotopic (exact) mass is 250 g/mol. The summed E-state index contributed by atoms with van der Waals surface area (Å²) in [7, 11) is 1.60. The summed E-state index contributed by atoms with van der Waals surface area (Å²) in [6, 6.07) is 6.08. The molecule has 0 aliphatic carbocycles. The van der Waals surface area contributed by atoms with Crippen LogP contribution in [0.1, 0.15) is 19.8 Å². The van der Waals surface area contributed by atoms with Gasteiger partial charge in [-0.1, -0.05) is 19.4 Å². The van der Waals surface area contributed by atoms with Gasteiger partial charge in [0.25, 0.3) is 0 Å². The average Bonchev–Trinajstić information content (AvgIpc) is 2.35. The molecule has 2 amide bonds. The van der Waals surface area contributed by atoms with Crippen molar-refractivity contribution in [1.29, 1.82) is 0 Å². The van der Waals surface area contributed by atoms with Crippen molar-refractivity contribution in [2.45, 2.75) is 19.8 Å². The molecule has 0 aliphatic rings. The molecule has 0 aromatic heterocycles. The van der Waals surface area contributed by atoms with Crippen LogP contribution in [-0.4, -0.2) is 35.4 Å². The van der Waals surface area contributed by atoms with Gasteiger partial charge < -0.3 is 15.3 Å². The van der Waals surface area contributed by atoms with Crippen molar-refractivity contribution in [2.75, 3.05) is 18.9 Å². The number of phenols is 1. The Hall–Kier alpha value is -2.04. The summed E-state index contributed by atoms with van der Waals surface area (Å²) in [5.41, 5.74) is 0.400. The summed E-state index contributed by atoms with van der Waals surface area (Å²) in [6.07, 6.45) is 1.83. The van der Waals surface area contributed by atoms with Crippen LogP contribution in [0.4, 0.5) is 5.69 Å². The molecule has 0 saturated heterocycles. The molecule has 0 spiro atoms.